The van der Waals surface area contributed by atoms with Gasteiger partial charge in [0.25, 0.3) is 0 Å². The highest BCUT2D eigenvalue weighted by Gasteiger charge is 2.31. The molecule has 2 amide bonds. The molecule has 4 aromatic heterocycles. The lowest BCUT2D eigenvalue weighted by atomic mass is 9.90. The number of nitrogens with two attached hydrogens (primary N) is 2. The van der Waals surface area contributed by atoms with E-state index < -0.39 is 10.3 Å². The van der Waals surface area contributed by atoms with E-state index in [1.165, 1.54) is 27.9 Å². The van der Waals surface area contributed by atoms with E-state index in [1.54, 1.807) is 76.9 Å². The molecule has 0 spiro atoms. The van der Waals surface area contributed by atoms with Crippen LogP contribution in [0.15, 0.2) is 180 Å². The highest BCUT2D eigenvalue weighted by molar-refractivity contribution is 5.99. The Labute approximate surface area is 480 Å². The lowest BCUT2D eigenvalue weighted by molar-refractivity contribution is -0.864. The number of hydrogen-bond donors (Lipinski definition) is 3. The molecular weight excluding hydrogens is 1050 g/mol. The zero-order valence-corrected chi connectivity index (χ0v) is 47.4. The van der Waals surface area contributed by atoms with Crippen LogP contribution in [0.1, 0.15) is 45.1 Å². The van der Waals surface area contributed by atoms with Gasteiger partial charge in [-0.25, -0.2) is 34.1 Å². The second-order valence-corrected chi connectivity index (χ2v) is 21.6. The highest BCUT2D eigenvalue weighted by Crippen LogP contribution is 2.34. The molecule has 9 aromatic rings. The lowest BCUT2D eigenvalue weighted by Crippen LogP contribution is -2.40. The molecule has 21 heteroatoms. The van der Waals surface area contributed by atoms with Crippen molar-refractivity contribution < 1.29 is 28.2 Å². The average Bonchev–Trinajstić information content (AvgIpc) is 3.03. The number of likely N-dealkylation sites (N-methyl/N-ethyl adjacent to an activating group) is 3. The summed E-state index contributed by atoms with van der Waals surface area (Å²) >= 11 is 0. The molecule has 1 aliphatic rings. The largest absolute Gasteiger partial charge is 0.633 e. The van der Waals surface area contributed by atoms with E-state index in [0.717, 1.165) is 48.9 Å². The predicted octanol–water partition coefficient (Wildman–Crippen LogP) is 8.96. The Morgan fingerprint density at radius 1 is 0.639 bits per heavy atom. The second-order valence-electron chi connectivity index (χ2n) is 21.6. The Bertz CT molecular complexity index is 3890. The van der Waals surface area contributed by atoms with Crippen LogP contribution in [-0.2, 0) is 9.59 Å². The van der Waals surface area contributed by atoms with Gasteiger partial charge in [-0.2, -0.15) is 0 Å². The fraction of sp³-hybridized carbons (Fsp3) is 0.258. The van der Waals surface area contributed by atoms with Gasteiger partial charge >= 0.3 is 11.4 Å². The van der Waals surface area contributed by atoms with Gasteiger partial charge < -0.3 is 45.5 Å². The van der Waals surface area contributed by atoms with Crippen LogP contribution < -0.4 is 37.6 Å². The van der Waals surface area contributed by atoms with Crippen molar-refractivity contribution in [1.82, 2.24) is 43.1 Å². The number of carbonyl (C=O) groups excluding carboxylic acids is 2. The number of amides is 2. The van der Waals surface area contributed by atoms with Crippen LogP contribution >= 0.6 is 0 Å². The molecule has 0 saturated heterocycles. The molecule has 0 radical (unpaired) electrons. The third-order valence-electron chi connectivity index (χ3n) is 14.1. The Balaban J connectivity index is 0.000000200. The fourth-order valence-corrected chi connectivity index (χ4v) is 10.1. The van der Waals surface area contributed by atoms with Crippen LogP contribution in [0.25, 0.3) is 39.4 Å². The van der Waals surface area contributed by atoms with E-state index in [2.05, 4.69) is 46.4 Å². The molecule has 1 aliphatic carbocycles. The number of ether oxygens (including phenoxy) is 2. The molecule has 1 atom stereocenters. The van der Waals surface area contributed by atoms with Gasteiger partial charge in [-0.15, -0.1) is 0 Å². The number of fused-ring (bicyclic) bond motifs is 2. The summed E-state index contributed by atoms with van der Waals surface area (Å²) in [6, 6.07) is 40.1. The maximum Gasteiger partial charge on any atom is 0.339 e. The van der Waals surface area contributed by atoms with E-state index in [0.29, 0.717) is 68.9 Å². The predicted molar refractivity (Wildman–Crippen MR) is 323 cm³/mol. The minimum absolute atomic E-state index is 0.0101. The average molecular weight is 1120 g/mol. The summed E-state index contributed by atoms with van der Waals surface area (Å²) in [7, 11) is 9.71. The standard InChI is InChI=1S/C31H31N7O4.C31H38N7O3/c1-3-18-38(2,41)19-8-13-27(39)35-22-9-7-10-24(20-22)37-30-28(29(32)33-21-34-30)36(31(37)40)23-14-16-26(17-15-23)42-25-11-5-4-6-12-25;1-35(27(39)11-8-20-38(2,3)4)22-12-14-24(15-13-22)37-30-28(29(32)33-21-34-30)36(31(37)40)23-16-18-26(19-17-23)41-25-9-6-5-7-10-25/h4-17,20-21H,3,18-19H2,1-2H3,(H,35,39)(H2,32,33,34);5-11,16-19,21-22,24H,12-15,20H2,1-4H3,(H2,32,33,34)/q;+1/b13-8+;11-8+. The van der Waals surface area contributed by atoms with Crippen molar-refractivity contribution in [3.8, 4) is 40.1 Å². The summed E-state index contributed by atoms with van der Waals surface area (Å²) < 4.78 is 18.3. The van der Waals surface area contributed by atoms with Gasteiger partial charge in [0, 0.05) is 37.0 Å². The first-order chi connectivity index (χ1) is 39.9. The number of quaternary nitrogens is 2. The summed E-state index contributed by atoms with van der Waals surface area (Å²) in [5.41, 5.74) is 15.7. The molecule has 5 N–H and O–H groups in total. The highest BCUT2D eigenvalue weighted by atomic mass is 16.5. The minimum Gasteiger partial charge on any atom is -0.633 e. The normalized spacial score (nSPS) is 15.2. The number of nitrogen functional groups attached to an aromatic ring is 2. The van der Waals surface area contributed by atoms with Crippen LogP contribution in [0.5, 0.6) is 23.0 Å². The Morgan fingerprint density at radius 3 is 1.71 bits per heavy atom. The Kier molecular flexibility index (Phi) is 17.7. The zero-order valence-electron chi connectivity index (χ0n) is 47.4. The number of benzene rings is 5. The quantitative estimate of drug-likeness (QED) is 0.0413. The van der Waals surface area contributed by atoms with Crippen LogP contribution in [0.4, 0.5) is 17.3 Å². The van der Waals surface area contributed by atoms with E-state index in [-0.39, 0.29) is 47.8 Å². The van der Waals surface area contributed by atoms with Crippen LogP contribution in [0.2, 0.25) is 0 Å². The lowest BCUT2D eigenvalue weighted by Gasteiger charge is -2.37. The van der Waals surface area contributed by atoms with Gasteiger partial charge in [0.15, 0.2) is 22.9 Å². The van der Waals surface area contributed by atoms with Gasteiger partial charge in [0.1, 0.15) is 46.7 Å². The molecule has 4 heterocycles. The number of rotatable bonds is 18. The molecule has 1 fully saturated rings. The maximum absolute atomic E-state index is 13.9. The first-order valence-electron chi connectivity index (χ1n) is 27.4. The third kappa shape index (κ3) is 13.9. The number of hydroxylamine groups is 3. The maximum atomic E-state index is 13.9. The van der Waals surface area contributed by atoms with Crippen molar-refractivity contribution in [2.45, 2.75) is 51.1 Å². The summed E-state index contributed by atoms with van der Waals surface area (Å²) in [4.78, 5) is 72.1. The number of carbonyl (C=O) groups is 2. The fourth-order valence-electron chi connectivity index (χ4n) is 10.1. The van der Waals surface area contributed by atoms with Crippen molar-refractivity contribution in [3.05, 3.63) is 197 Å². The van der Waals surface area contributed by atoms with Crippen molar-refractivity contribution in [2.24, 2.45) is 0 Å². The molecular formula is C62H69N14O7+. The molecule has 0 bridgehead atoms. The van der Waals surface area contributed by atoms with Crippen molar-refractivity contribution in [1.29, 1.82) is 0 Å². The van der Waals surface area contributed by atoms with Gasteiger partial charge in [-0.05, 0) is 135 Å². The molecule has 428 valence electrons. The number of para-hydroxylation sites is 2. The van der Waals surface area contributed by atoms with Crippen LogP contribution in [-0.4, -0.2) is 125 Å². The third-order valence-corrected chi connectivity index (χ3v) is 14.1. The Hall–Kier alpha value is -9.70. The van der Waals surface area contributed by atoms with Crippen LogP contribution in [0, 0.1) is 5.21 Å². The van der Waals surface area contributed by atoms with Crippen molar-refractivity contribution in [2.75, 3.05) is 71.7 Å². The number of nitrogens with zero attached hydrogens (tertiary/aromatic N) is 11. The summed E-state index contributed by atoms with van der Waals surface area (Å²) in [6.45, 7) is 3.39. The summed E-state index contributed by atoms with van der Waals surface area (Å²) in [6.07, 6.45) is 13.0. The molecule has 10 rings (SSSR count). The SMILES string of the molecule is CCC[N+](C)([O-])C/C=C/C(=O)Nc1cccc(-n2c(=O)n(-c3ccc(Oc4ccccc4)cc3)c3c(N)ncnc32)c1.CN(C(=O)/C=C/C[N+](C)(C)C)C1CCC(n2c(=O)n(-c3ccc(Oc4ccccc4)cc3)c3c(N)ncnc32)CC1. The monoisotopic (exact) mass is 1120 g/mol. The van der Waals surface area contributed by atoms with E-state index >= 15 is 0 Å². The van der Waals surface area contributed by atoms with Crippen molar-refractivity contribution >= 4 is 51.5 Å². The first kappa shape index (κ1) is 58.0. The van der Waals surface area contributed by atoms with E-state index in [1.807, 2.05) is 110 Å². The summed E-state index contributed by atoms with van der Waals surface area (Å²) in [5, 5.41) is 15.1. The smallest absolute Gasteiger partial charge is 0.339 e. The van der Waals surface area contributed by atoms with Gasteiger partial charge in [-0.3, -0.25) is 23.3 Å². The molecule has 1 unspecified atom stereocenters. The molecule has 5 aromatic carbocycles. The van der Waals surface area contributed by atoms with Crippen LogP contribution in [0.3, 0.4) is 0 Å². The first-order valence-corrected chi connectivity index (χ1v) is 27.4. The molecule has 0 aliphatic heterocycles. The van der Waals surface area contributed by atoms with Gasteiger partial charge in [0.2, 0.25) is 11.8 Å². The molecule has 1 saturated carbocycles. The minimum atomic E-state index is -0.448. The number of imidazole rings is 2. The van der Waals surface area contributed by atoms with E-state index in [9.17, 15) is 24.4 Å². The van der Waals surface area contributed by atoms with Gasteiger partial charge in [-0.1, -0.05) is 49.4 Å². The number of nitrogens with one attached hydrogen (secondary N) is 1. The zero-order chi connectivity index (χ0) is 58.8. The Morgan fingerprint density at radius 2 is 1.16 bits per heavy atom. The molecule has 83 heavy (non-hydrogen) atoms. The topological polar surface area (TPSA) is 248 Å². The van der Waals surface area contributed by atoms with Gasteiger partial charge in [0.05, 0.1) is 64.9 Å². The molecule has 21 nitrogen and oxygen atoms in total. The number of aromatic nitrogens is 8. The number of anilines is 3. The van der Waals surface area contributed by atoms with E-state index in [4.69, 9.17) is 20.9 Å². The number of hydrogen-bond acceptors (Lipinski definition) is 13. The van der Waals surface area contributed by atoms with Crippen molar-refractivity contribution in [3.63, 3.8) is 0 Å². The summed E-state index contributed by atoms with van der Waals surface area (Å²) in [5.74, 6) is 2.70. The second kappa shape index (κ2) is 25.4.